The summed E-state index contributed by atoms with van der Waals surface area (Å²) in [6.07, 6.45) is 7.03. The highest BCUT2D eigenvalue weighted by Gasteiger charge is 2.12. The molecule has 0 radical (unpaired) electrons. The summed E-state index contributed by atoms with van der Waals surface area (Å²) in [5, 5.41) is 3.38. The zero-order valence-corrected chi connectivity index (χ0v) is 11.4. The average Bonchev–Trinajstić information content (AvgIpc) is 2.25. The first kappa shape index (κ1) is 13.5. The number of rotatable bonds is 5. The first-order valence-electron chi connectivity index (χ1n) is 5.30. The van der Waals surface area contributed by atoms with E-state index in [4.69, 9.17) is 6.42 Å². The maximum atomic E-state index is 13.0. The molecule has 1 aromatic carbocycles. The molecule has 3 heteroatoms. The molecule has 0 spiro atoms. The second kappa shape index (κ2) is 6.87. The van der Waals surface area contributed by atoms with E-state index < -0.39 is 0 Å². The van der Waals surface area contributed by atoms with Crippen LogP contribution in [0, 0.1) is 21.7 Å². The molecule has 0 aliphatic heterocycles. The lowest BCUT2D eigenvalue weighted by atomic mass is 10.0. The van der Waals surface area contributed by atoms with E-state index in [1.54, 1.807) is 0 Å². The van der Waals surface area contributed by atoms with Gasteiger partial charge in [-0.25, -0.2) is 4.39 Å². The molecule has 0 saturated carbocycles. The zero-order chi connectivity index (χ0) is 12.0. The number of benzene rings is 1. The highest BCUT2D eigenvalue weighted by atomic mass is 127. The van der Waals surface area contributed by atoms with Gasteiger partial charge in [-0.1, -0.05) is 13.0 Å². The van der Waals surface area contributed by atoms with E-state index in [1.165, 1.54) is 12.1 Å². The van der Waals surface area contributed by atoms with E-state index >= 15 is 0 Å². The van der Waals surface area contributed by atoms with Gasteiger partial charge in [0.15, 0.2) is 0 Å². The van der Waals surface area contributed by atoms with Gasteiger partial charge in [0.05, 0.1) is 0 Å². The van der Waals surface area contributed by atoms with Gasteiger partial charge in [0.1, 0.15) is 5.82 Å². The second-order valence-corrected chi connectivity index (χ2v) is 4.74. The van der Waals surface area contributed by atoms with E-state index in [-0.39, 0.29) is 11.9 Å². The average molecular weight is 331 g/mol. The summed E-state index contributed by atoms with van der Waals surface area (Å²) in [4.78, 5) is 0. The molecule has 1 N–H and O–H groups in total. The summed E-state index contributed by atoms with van der Waals surface area (Å²) in [7, 11) is 0. The van der Waals surface area contributed by atoms with Crippen molar-refractivity contribution in [1.82, 2.24) is 5.32 Å². The van der Waals surface area contributed by atoms with Gasteiger partial charge in [-0.15, -0.1) is 12.3 Å². The molecule has 86 valence electrons. The molecule has 16 heavy (non-hydrogen) atoms. The number of terminal acetylenes is 1. The van der Waals surface area contributed by atoms with E-state index in [1.807, 2.05) is 6.07 Å². The predicted molar refractivity (Wildman–Crippen MR) is 73.6 cm³/mol. The van der Waals surface area contributed by atoms with E-state index in [0.29, 0.717) is 6.42 Å². The Morgan fingerprint density at radius 2 is 2.31 bits per heavy atom. The van der Waals surface area contributed by atoms with Crippen molar-refractivity contribution in [2.24, 2.45) is 0 Å². The number of hydrogen-bond donors (Lipinski definition) is 1. The van der Waals surface area contributed by atoms with Gasteiger partial charge in [-0.2, -0.15) is 0 Å². The smallest absolute Gasteiger partial charge is 0.124 e. The van der Waals surface area contributed by atoms with Gasteiger partial charge in [-0.05, 0) is 53.3 Å². The predicted octanol–water partition coefficient (Wildman–Crippen LogP) is 3.49. The van der Waals surface area contributed by atoms with Crippen LogP contribution in [0.2, 0.25) is 0 Å². The fourth-order valence-corrected chi connectivity index (χ4v) is 2.37. The first-order valence-corrected chi connectivity index (χ1v) is 6.38. The van der Waals surface area contributed by atoms with E-state index in [2.05, 4.69) is 40.8 Å². The molecular weight excluding hydrogens is 316 g/mol. The molecular formula is C13H15FIN. The minimum atomic E-state index is -0.205. The van der Waals surface area contributed by atoms with Crippen molar-refractivity contribution in [3.05, 3.63) is 33.1 Å². The Bertz CT molecular complexity index is 384. The molecule has 0 aliphatic carbocycles. The van der Waals surface area contributed by atoms with Gasteiger partial charge in [0.25, 0.3) is 0 Å². The normalized spacial score (nSPS) is 12.1. The third kappa shape index (κ3) is 3.76. The molecule has 1 rings (SSSR count). The van der Waals surface area contributed by atoms with Crippen LogP contribution in [0.15, 0.2) is 18.2 Å². The van der Waals surface area contributed by atoms with Crippen LogP contribution in [0.4, 0.5) is 4.39 Å². The molecule has 0 aliphatic rings. The standard InChI is InChI=1S/C13H15FIN/c1-3-5-13(16-8-4-2)11-7-6-10(14)9-12(11)15/h1,6-7,9,13,16H,4-5,8H2,2H3. The van der Waals surface area contributed by atoms with Crippen molar-refractivity contribution in [3.63, 3.8) is 0 Å². The van der Waals surface area contributed by atoms with Crippen LogP contribution in [0.25, 0.3) is 0 Å². The van der Waals surface area contributed by atoms with Crippen molar-refractivity contribution in [3.8, 4) is 12.3 Å². The summed E-state index contributed by atoms with van der Waals surface area (Å²) in [5.74, 6) is 2.45. The lowest BCUT2D eigenvalue weighted by Gasteiger charge is -2.18. The molecule has 0 amide bonds. The van der Waals surface area contributed by atoms with Crippen LogP contribution in [-0.2, 0) is 0 Å². The highest BCUT2D eigenvalue weighted by Crippen LogP contribution is 2.23. The van der Waals surface area contributed by atoms with Gasteiger partial charge in [-0.3, -0.25) is 0 Å². The fourth-order valence-electron chi connectivity index (χ4n) is 1.51. The molecule has 1 nitrogen and oxygen atoms in total. The molecule has 1 aromatic rings. The molecule has 0 bridgehead atoms. The SMILES string of the molecule is C#CCC(NCCC)c1ccc(F)cc1I. The Hall–Kier alpha value is -0.600. The number of hydrogen-bond acceptors (Lipinski definition) is 1. The molecule has 0 fully saturated rings. The Kier molecular flexibility index (Phi) is 5.78. The molecule has 1 unspecified atom stereocenters. The van der Waals surface area contributed by atoms with Crippen LogP contribution in [0.5, 0.6) is 0 Å². The lowest BCUT2D eigenvalue weighted by molar-refractivity contribution is 0.538. The van der Waals surface area contributed by atoms with Gasteiger partial charge >= 0.3 is 0 Å². The van der Waals surface area contributed by atoms with Crippen molar-refractivity contribution >= 4 is 22.6 Å². The lowest BCUT2D eigenvalue weighted by Crippen LogP contribution is -2.22. The Labute approximate surface area is 110 Å². The highest BCUT2D eigenvalue weighted by molar-refractivity contribution is 14.1. The van der Waals surface area contributed by atoms with Gasteiger partial charge in [0, 0.05) is 16.0 Å². The summed E-state index contributed by atoms with van der Waals surface area (Å²) < 4.78 is 13.9. The minimum absolute atomic E-state index is 0.123. The van der Waals surface area contributed by atoms with Crippen LogP contribution in [0.1, 0.15) is 31.4 Å². The summed E-state index contributed by atoms with van der Waals surface area (Å²) in [6.45, 7) is 3.02. The molecule has 0 saturated heterocycles. The fraction of sp³-hybridized carbons (Fsp3) is 0.385. The molecule has 0 aromatic heterocycles. The van der Waals surface area contributed by atoms with Crippen LogP contribution >= 0.6 is 22.6 Å². The van der Waals surface area contributed by atoms with Crippen molar-refractivity contribution < 1.29 is 4.39 Å². The maximum absolute atomic E-state index is 13.0. The van der Waals surface area contributed by atoms with E-state index in [0.717, 1.165) is 22.1 Å². The van der Waals surface area contributed by atoms with Crippen molar-refractivity contribution in [2.75, 3.05) is 6.54 Å². The number of halogens is 2. The third-order valence-electron chi connectivity index (χ3n) is 2.30. The summed E-state index contributed by atoms with van der Waals surface area (Å²) >= 11 is 2.14. The van der Waals surface area contributed by atoms with E-state index in [9.17, 15) is 4.39 Å². The first-order chi connectivity index (χ1) is 7.69. The Morgan fingerprint density at radius 1 is 1.56 bits per heavy atom. The molecule has 0 heterocycles. The molecule has 1 atom stereocenters. The Morgan fingerprint density at radius 3 is 2.88 bits per heavy atom. The van der Waals surface area contributed by atoms with Crippen molar-refractivity contribution in [1.29, 1.82) is 0 Å². The minimum Gasteiger partial charge on any atom is -0.309 e. The zero-order valence-electron chi connectivity index (χ0n) is 9.26. The van der Waals surface area contributed by atoms with Gasteiger partial charge in [0.2, 0.25) is 0 Å². The largest absolute Gasteiger partial charge is 0.309 e. The second-order valence-electron chi connectivity index (χ2n) is 3.58. The summed E-state index contributed by atoms with van der Waals surface area (Å²) in [5.41, 5.74) is 1.08. The third-order valence-corrected chi connectivity index (χ3v) is 3.23. The maximum Gasteiger partial charge on any atom is 0.124 e. The topological polar surface area (TPSA) is 12.0 Å². The van der Waals surface area contributed by atoms with Crippen LogP contribution in [-0.4, -0.2) is 6.54 Å². The Balaban J connectivity index is 2.88. The quantitative estimate of drug-likeness (QED) is 0.643. The van der Waals surface area contributed by atoms with Gasteiger partial charge < -0.3 is 5.32 Å². The van der Waals surface area contributed by atoms with Crippen LogP contribution < -0.4 is 5.32 Å². The number of nitrogens with one attached hydrogen (secondary N) is 1. The van der Waals surface area contributed by atoms with Crippen LogP contribution in [0.3, 0.4) is 0 Å². The monoisotopic (exact) mass is 331 g/mol. The van der Waals surface area contributed by atoms with Crippen molar-refractivity contribution in [2.45, 2.75) is 25.8 Å². The summed E-state index contributed by atoms with van der Waals surface area (Å²) in [6, 6.07) is 4.95.